The molecule has 0 amide bonds. The van der Waals surface area contributed by atoms with E-state index in [1.54, 1.807) is 7.11 Å². The van der Waals surface area contributed by atoms with Crippen LogP contribution in [0.5, 0.6) is 0 Å². The van der Waals surface area contributed by atoms with Crippen LogP contribution in [0.1, 0.15) is 52.4 Å². The lowest BCUT2D eigenvalue weighted by Crippen LogP contribution is -2.52. The predicted molar refractivity (Wildman–Crippen MR) is 91.2 cm³/mol. The van der Waals surface area contributed by atoms with Crippen molar-refractivity contribution in [1.29, 1.82) is 0 Å². The fourth-order valence-corrected chi connectivity index (χ4v) is 2.92. The molecule has 0 unspecified atom stereocenters. The fraction of sp³-hybridized carbons (Fsp3) is 0.833. The van der Waals surface area contributed by atoms with Crippen molar-refractivity contribution >= 4 is 5.97 Å². The summed E-state index contributed by atoms with van der Waals surface area (Å²) in [4.78, 5) is 11.6. The Labute approximate surface area is 140 Å². The number of unbranched alkanes of at least 4 members (excludes halogenated alkanes) is 5. The van der Waals surface area contributed by atoms with Gasteiger partial charge in [-0.1, -0.05) is 51.7 Å². The van der Waals surface area contributed by atoms with Crippen molar-refractivity contribution in [2.24, 2.45) is 11.7 Å². The number of carbonyl (C=O) groups excluding carboxylic acids is 1. The van der Waals surface area contributed by atoms with Crippen LogP contribution in [-0.4, -0.2) is 44.5 Å². The maximum Gasteiger partial charge on any atom is 0.320 e. The molecule has 1 rings (SSSR count). The molecule has 1 aliphatic heterocycles. The van der Waals surface area contributed by atoms with E-state index < -0.39 is 12.1 Å². The van der Waals surface area contributed by atoms with Gasteiger partial charge in [0.1, 0.15) is 12.2 Å². The third kappa shape index (κ3) is 7.02. The zero-order valence-electron chi connectivity index (χ0n) is 14.8. The Morgan fingerprint density at radius 3 is 2.65 bits per heavy atom. The van der Waals surface area contributed by atoms with Gasteiger partial charge in [0.15, 0.2) is 6.10 Å². The second-order valence-electron chi connectivity index (χ2n) is 6.27. The topological polar surface area (TPSA) is 70.8 Å². The number of hydrogen-bond acceptors (Lipinski definition) is 5. The fourth-order valence-electron chi connectivity index (χ4n) is 2.92. The second kappa shape index (κ2) is 11.6. The molecule has 4 atom stereocenters. The molecule has 0 saturated carbocycles. The summed E-state index contributed by atoms with van der Waals surface area (Å²) >= 11 is 0. The van der Waals surface area contributed by atoms with E-state index in [0.29, 0.717) is 6.61 Å². The van der Waals surface area contributed by atoms with Gasteiger partial charge in [-0.3, -0.25) is 4.79 Å². The van der Waals surface area contributed by atoms with E-state index in [9.17, 15) is 4.79 Å². The van der Waals surface area contributed by atoms with Crippen molar-refractivity contribution in [3.63, 3.8) is 0 Å². The van der Waals surface area contributed by atoms with Gasteiger partial charge in [0, 0.05) is 13.0 Å². The normalized spacial score (nSPS) is 28.2. The number of esters is 1. The summed E-state index contributed by atoms with van der Waals surface area (Å²) in [6.07, 6.45) is 10.6. The van der Waals surface area contributed by atoms with Gasteiger partial charge < -0.3 is 19.9 Å². The molecule has 5 nitrogen and oxygen atoms in total. The molecule has 1 saturated heterocycles. The summed E-state index contributed by atoms with van der Waals surface area (Å²) < 4.78 is 16.8. The minimum Gasteiger partial charge on any atom is -0.455 e. The summed E-state index contributed by atoms with van der Waals surface area (Å²) in [5.74, 6) is -0.248. The van der Waals surface area contributed by atoms with Gasteiger partial charge in [-0.25, -0.2) is 0 Å². The highest BCUT2D eigenvalue weighted by Crippen LogP contribution is 2.26. The molecule has 5 heteroatoms. The molecule has 0 aromatic carbocycles. The SMILES string of the molecule is CCCCCCCC=C[C@@H]1OC[C@@H](C)[C@H](OC)[C@H]1OC(=O)CN. The van der Waals surface area contributed by atoms with Crippen LogP contribution in [0.3, 0.4) is 0 Å². The molecule has 134 valence electrons. The first-order valence-corrected chi connectivity index (χ1v) is 8.84. The van der Waals surface area contributed by atoms with E-state index in [2.05, 4.69) is 13.0 Å². The lowest BCUT2D eigenvalue weighted by atomic mass is 9.93. The van der Waals surface area contributed by atoms with Crippen LogP contribution >= 0.6 is 0 Å². The molecular formula is C18H33NO4. The van der Waals surface area contributed by atoms with E-state index in [1.807, 2.05) is 13.0 Å². The Bertz CT molecular complexity index is 359. The molecule has 1 fully saturated rings. The molecule has 0 spiro atoms. The number of carbonyl (C=O) groups is 1. The molecule has 23 heavy (non-hydrogen) atoms. The number of nitrogens with two attached hydrogens (primary N) is 1. The van der Waals surface area contributed by atoms with Crippen molar-refractivity contribution in [3.05, 3.63) is 12.2 Å². The molecule has 2 N–H and O–H groups in total. The van der Waals surface area contributed by atoms with Gasteiger partial charge >= 0.3 is 5.97 Å². The van der Waals surface area contributed by atoms with E-state index in [-0.39, 0.29) is 24.7 Å². The van der Waals surface area contributed by atoms with Crippen LogP contribution in [0, 0.1) is 5.92 Å². The zero-order chi connectivity index (χ0) is 17.1. The third-order valence-electron chi connectivity index (χ3n) is 4.27. The molecule has 0 aromatic rings. The minimum atomic E-state index is -0.434. The third-order valence-corrected chi connectivity index (χ3v) is 4.27. The number of ether oxygens (including phenoxy) is 3. The second-order valence-corrected chi connectivity index (χ2v) is 6.27. The van der Waals surface area contributed by atoms with Crippen molar-refractivity contribution < 1.29 is 19.0 Å². The van der Waals surface area contributed by atoms with Crippen LogP contribution in [-0.2, 0) is 19.0 Å². The Hall–Kier alpha value is -0.910. The summed E-state index contributed by atoms with van der Waals surface area (Å²) in [7, 11) is 1.64. The summed E-state index contributed by atoms with van der Waals surface area (Å²) in [6.45, 7) is 4.72. The lowest BCUT2D eigenvalue weighted by Gasteiger charge is -2.39. The summed E-state index contributed by atoms with van der Waals surface area (Å²) in [6, 6.07) is 0. The first kappa shape index (κ1) is 20.1. The largest absolute Gasteiger partial charge is 0.455 e. The van der Waals surface area contributed by atoms with Gasteiger partial charge in [-0.05, 0) is 12.8 Å². The molecule has 1 aliphatic rings. The van der Waals surface area contributed by atoms with Crippen molar-refractivity contribution in [1.82, 2.24) is 0 Å². The maximum absolute atomic E-state index is 11.6. The summed E-state index contributed by atoms with van der Waals surface area (Å²) in [5.41, 5.74) is 5.36. The first-order valence-electron chi connectivity index (χ1n) is 8.84. The summed E-state index contributed by atoms with van der Waals surface area (Å²) in [5, 5.41) is 0. The highest BCUT2D eigenvalue weighted by atomic mass is 16.6. The average molecular weight is 327 g/mol. The molecule has 0 aliphatic carbocycles. The van der Waals surface area contributed by atoms with E-state index >= 15 is 0 Å². The van der Waals surface area contributed by atoms with Gasteiger partial charge in [0.05, 0.1) is 13.2 Å². The number of hydrogen-bond donors (Lipinski definition) is 1. The van der Waals surface area contributed by atoms with Crippen molar-refractivity contribution in [3.8, 4) is 0 Å². The first-order chi connectivity index (χ1) is 11.1. The molecule has 0 bridgehead atoms. The Kier molecular flexibility index (Phi) is 10.2. The molecular weight excluding hydrogens is 294 g/mol. The number of allylic oxidation sites excluding steroid dienone is 1. The van der Waals surface area contributed by atoms with Gasteiger partial charge in [0.2, 0.25) is 0 Å². The van der Waals surface area contributed by atoms with Gasteiger partial charge in [0.25, 0.3) is 0 Å². The smallest absolute Gasteiger partial charge is 0.320 e. The van der Waals surface area contributed by atoms with Crippen molar-refractivity contribution in [2.75, 3.05) is 20.3 Å². The maximum atomic E-state index is 11.6. The van der Waals surface area contributed by atoms with E-state index in [4.69, 9.17) is 19.9 Å². The van der Waals surface area contributed by atoms with Gasteiger partial charge in [-0.2, -0.15) is 0 Å². The lowest BCUT2D eigenvalue weighted by molar-refractivity contribution is -0.189. The van der Waals surface area contributed by atoms with Crippen LogP contribution in [0.15, 0.2) is 12.2 Å². The van der Waals surface area contributed by atoms with E-state index in [0.717, 1.165) is 6.42 Å². The van der Waals surface area contributed by atoms with Crippen LogP contribution in [0.2, 0.25) is 0 Å². The molecule has 0 aromatic heterocycles. The Morgan fingerprint density at radius 1 is 1.26 bits per heavy atom. The van der Waals surface area contributed by atoms with Crippen LogP contribution < -0.4 is 5.73 Å². The van der Waals surface area contributed by atoms with E-state index in [1.165, 1.54) is 32.1 Å². The van der Waals surface area contributed by atoms with Crippen LogP contribution in [0.25, 0.3) is 0 Å². The quantitative estimate of drug-likeness (QED) is 0.379. The van der Waals surface area contributed by atoms with Crippen molar-refractivity contribution in [2.45, 2.75) is 70.7 Å². The highest BCUT2D eigenvalue weighted by Gasteiger charge is 2.40. The standard InChI is InChI=1S/C18H33NO4/c1-4-5-6-7-8-9-10-11-15-18(23-16(20)12-19)17(21-3)14(2)13-22-15/h10-11,14-15,17-18H,4-9,12-13,19H2,1-3H3/t14-,15+,17+,18+/m1/s1. The predicted octanol–water partition coefficient (Wildman–Crippen LogP) is 2.82. The number of methoxy groups -OCH3 is 1. The van der Waals surface area contributed by atoms with Crippen LogP contribution in [0.4, 0.5) is 0 Å². The number of rotatable bonds is 10. The molecule has 1 heterocycles. The minimum absolute atomic E-state index is 0.130. The van der Waals surface area contributed by atoms with Gasteiger partial charge in [-0.15, -0.1) is 0 Å². The monoisotopic (exact) mass is 327 g/mol. The zero-order valence-corrected chi connectivity index (χ0v) is 14.8. The molecule has 0 radical (unpaired) electrons. The highest BCUT2D eigenvalue weighted by molar-refractivity contribution is 5.71. The Balaban J connectivity index is 2.53. The Morgan fingerprint density at radius 2 is 2.00 bits per heavy atom. The average Bonchev–Trinajstić information content (AvgIpc) is 2.55.